The minimum atomic E-state index is -0.732. The number of hydrogen-bond acceptors (Lipinski definition) is 2. The van der Waals surface area contributed by atoms with E-state index in [-0.39, 0.29) is 5.91 Å². The summed E-state index contributed by atoms with van der Waals surface area (Å²) in [4.78, 5) is 14.2. The molecule has 0 fully saturated rings. The normalized spacial score (nSPS) is 10.8. The number of benzene rings is 2. The Morgan fingerprint density at radius 1 is 1.03 bits per heavy atom. The highest BCUT2D eigenvalue weighted by atomic mass is 16.3. The van der Waals surface area contributed by atoms with Crippen LogP contribution in [0, 0.1) is 6.92 Å². The van der Waals surface area contributed by atoms with E-state index in [1.54, 1.807) is 23.1 Å². The van der Waals surface area contributed by atoms with Gasteiger partial charge in [-0.25, -0.2) is 0 Å². The van der Waals surface area contributed by atoms with E-state index >= 15 is 0 Å². The van der Waals surface area contributed by atoms with Crippen LogP contribution in [0.5, 0.6) is 0 Å². The average molecular weight is 406 g/mol. The second-order valence-electron chi connectivity index (χ2n) is 6.16. The molecule has 1 amide bonds. The van der Waals surface area contributed by atoms with Crippen LogP contribution in [0.25, 0.3) is 6.08 Å². The van der Waals surface area contributed by atoms with E-state index in [0.717, 1.165) is 22.3 Å². The van der Waals surface area contributed by atoms with Gasteiger partial charge in [0.25, 0.3) is 5.91 Å². The van der Waals surface area contributed by atoms with Crippen molar-refractivity contribution in [2.45, 2.75) is 26.9 Å². The molecule has 2 aromatic rings. The molecular formula is C27H35NO2. The van der Waals surface area contributed by atoms with Crippen molar-refractivity contribution in [3.8, 4) is 0 Å². The van der Waals surface area contributed by atoms with Gasteiger partial charge >= 0.3 is 0 Å². The number of allylic oxidation sites excluding steroid dienone is 2. The third-order valence-electron chi connectivity index (χ3n) is 4.65. The lowest BCUT2D eigenvalue weighted by molar-refractivity contribution is 0.0773. The van der Waals surface area contributed by atoms with E-state index in [4.69, 9.17) is 0 Å². The van der Waals surface area contributed by atoms with Crippen molar-refractivity contribution in [1.82, 2.24) is 4.90 Å². The first kappa shape index (κ1) is 26.8. The molecule has 0 spiro atoms. The smallest absolute Gasteiger partial charge is 0.253 e. The molecule has 0 saturated carbocycles. The second kappa shape index (κ2) is 14.8. The highest BCUT2D eigenvalue weighted by molar-refractivity contribution is 5.94. The summed E-state index contributed by atoms with van der Waals surface area (Å²) >= 11 is 0. The number of carbonyl (C=O) groups excluding carboxylic acids is 1. The number of hydrogen-bond donors (Lipinski definition) is 1. The SMILES string of the molecule is C=C.C=C.C=C/C=C\c1cccc(C(O)c2ccc(C(=O)N(CC)CC)cc2)c1C. The lowest BCUT2D eigenvalue weighted by Gasteiger charge is -2.19. The van der Waals surface area contributed by atoms with Crippen LogP contribution in [0.1, 0.15) is 52.6 Å². The van der Waals surface area contributed by atoms with Gasteiger partial charge < -0.3 is 10.0 Å². The Labute approximate surface area is 182 Å². The van der Waals surface area contributed by atoms with Crippen LogP contribution in [0.15, 0.2) is 87.5 Å². The summed E-state index contributed by atoms with van der Waals surface area (Å²) in [6.07, 6.45) is 4.86. The monoisotopic (exact) mass is 405 g/mol. The zero-order chi connectivity index (χ0) is 23.1. The quantitative estimate of drug-likeness (QED) is 0.430. The third-order valence-corrected chi connectivity index (χ3v) is 4.65. The van der Waals surface area contributed by atoms with Crippen LogP contribution in [0.2, 0.25) is 0 Å². The van der Waals surface area contributed by atoms with Gasteiger partial charge in [-0.05, 0) is 55.2 Å². The largest absolute Gasteiger partial charge is 0.384 e. The van der Waals surface area contributed by atoms with Crippen LogP contribution >= 0.6 is 0 Å². The number of aliphatic hydroxyl groups is 1. The lowest BCUT2D eigenvalue weighted by atomic mass is 9.93. The zero-order valence-electron chi connectivity index (χ0n) is 18.6. The van der Waals surface area contributed by atoms with Crippen molar-refractivity contribution in [2.24, 2.45) is 0 Å². The fourth-order valence-electron chi connectivity index (χ4n) is 3.00. The lowest BCUT2D eigenvalue weighted by Crippen LogP contribution is -2.30. The first-order valence-corrected chi connectivity index (χ1v) is 9.99. The minimum Gasteiger partial charge on any atom is -0.384 e. The van der Waals surface area contributed by atoms with Crippen LogP contribution in [0.3, 0.4) is 0 Å². The van der Waals surface area contributed by atoms with Crippen molar-refractivity contribution >= 4 is 12.0 Å². The summed E-state index contributed by atoms with van der Waals surface area (Å²) in [6.45, 7) is 23.0. The summed E-state index contributed by atoms with van der Waals surface area (Å²) in [6, 6.07) is 13.1. The Kier molecular flexibility index (Phi) is 13.2. The third kappa shape index (κ3) is 7.02. The molecule has 2 aromatic carbocycles. The topological polar surface area (TPSA) is 40.5 Å². The van der Waals surface area contributed by atoms with Crippen LogP contribution < -0.4 is 0 Å². The molecule has 1 unspecified atom stereocenters. The Balaban J connectivity index is 0.00000198. The fraction of sp³-hybridized carbons (Fsp3) is 0.222. The minimum absolute atomic E-state index is 0.0174. The molecule has 30 heavy (non-hydrogen) atoms. The molecule has 1 atom stereocenters. The number of amides is 1. The number of carbonyl (C=O) groups is 1. The summed E-state index contributed by atoms with van der Waals surface area (Å²) in [5.41, 5.74) is 4.35. The van der Waals surface area contributed by atoms with Crippen molar-refractivity contribution < 1.29 is 9.90 Å². The number of aliphatic hydroxyl groups excluding tert-OH is 1. The molecule has 1 N–H and O–H groups in total. The molecule has 0 aliphatic heterocycles. The molecule has 160 valence electrons. The Morgan fingerprint density at radius 2 is 1.60 bits per heavy atom. The predicted octanol–water partition coefficient (Wildman–Crippen LogP) is 6.36. The highest BCUT2D eigenvalue weighted by Gasteiger charge is 2.16. The average Bonchev–Trinajstić information content (AvgIpc) is 2.81. The molecule has 0 bridgehead atoms. The van der Waals surface area contributed by atoms with Gasteiger partial charge in [0.15, 0.2) is 0 Å². The molecule has 0 aromatic heterocycles. The van der Waals surface area contributed by atoms with Crippen molar-refractivity contribution in [2.75, 3.05) is 13.1 Å². The van der Waals surface area contributed by atoms with Gasteiger partial charge in [-0.3, -0.25) is 4.79 Å². The summed E-state index contributed by atoms with van der Waals surface area (Å²) in [5.74, 6) is 0.0174. The Bertz CT molecular complexity index is 815. The Morgan fingerprint density at radius 3 is 2.10 bits per heavy atom. The fourth-order valence-corrected chi connectivity index (χ4v) is 3.00. The maximum Gasteiger partial charge on any atom is 0.253 e. The van der Waals surface area contributed by atoms with Gasteiger partial charge in [0.2, 0.25) is 0 Å². The van der Waals surface area contributed by atoms with Gasteiger partial charge in [0.1, 0.15) is 6.10 Å². The zero-order valence-corrected chi connectivity index (χ0v) is 18.6. The molecule has 0 saturated heterocycles. The van der Waals surface area contributed by atoms with Crippen molar-refractivity contribution in [3.05, 3.63) is 115 Å². The summed E-state index contributed by atoms with van der Waals surface area (Å²) < 4.78 is 0. The standard InChI is InChI=1S/C23H27NO2.2C2H4/c1-5-8-10-18-11-9-12-21(17(18)4)22(25)19-13-15-20(16-14-19)23(26)24(6-2)7-3;2*1-2/h5,8-16,22,25H,1,6-7H2,2-4H3;2*1-2H2/b10-8-;;. The molecule has 3 heteroatoms. The summed E-state index contributed by atoms with van der Waals surface area (Å²) in [7, 11) is 0. The van der Waals surface area contributed by atoms with Gasteiger partial charge in [-0.2, -0.15) is 0 Å². The number of rotatable bonds is 7. The number of nitrogens with zero attached hydrogens (tertiary/aromatic N) is 1. The van der Waals surface area contributed by atoms with E-state index in [1.165, 1.54) is 0 Å². The van der Waals surface area contributed by atoms with E-state index in [0.29, 0.717) is 18.7 Å². The van der Waals surface area contributed by atoms with Gasteiger partial charge in [0, 0.05) is 18.7 Å². The van der Waals surface area contributed by atoms with E-state index in [2.05, 4.69) is 32.9 Å². The van der Waals surface area contributed by atoms with Gasteiger partial charge in [-0.15, -0.1) is 26.3 Å². The molecular weight excluding hydrogens is 370 g/mol. The Hall–Kier alpha value is -3.17. The maximum absolute atomic E-state index is 12.4. The molecule has 0 aliphatic carbocycles. The maximum atomic E-state index is 12.4. The second-order valence-corrected chi connectivity index (χ2v) is 6.16. The molecule has 0 heterocycles. The van der Waals surface area contributed by atoms with E-state index < -0.39 is 6.10 Å². The van der Waals surface area contributed by atoms with Gasteiger partial charge in [-0.1, -0.05) is 55.1 Å². The molecule has 3 nitrogen and oxygen atoms in total. The molecule has 2 rings (SSSR count). The van der Waals surface area contributed by atoms with E-state index in [9.17, 15) is 9.90 Å². The van der Waals surface area contributed by atoms with Crippen LogP contribution in [-0.4, -0.2) is 29.0 Å². The highest BCUT2D eigenvalue weighted by Crippen LogP contribution is 2.27. The first-order chi connectivity index (χ1) is 14.5. The van der Waals surface area contributed by atoms with Crippen LogP contribution in [0.4, 0.5) is 0 Å². The van der Waals surface area contributed by atoms with E-state index in [1.807, 2.05) is 63.3 Å². The van der Waals surface area contributed by atoms with Crippen molar-refractivity contribution in [1.29, 1.82) is 0 Å². The van der Waals surface area contributed by atoms with Crippen LogP contribution in [-0.2, 0) is 0 Å². The molecule has 0 radical (unpaired) electrons. The summed E-state index contributed by atoms with van der Waals surface area (Å²) in [5, 5.41) is 10.8. The van der Waals surface area contributed by atoms with Crippen molar-refractivity contribution in [3.63, 3.8) is 0 Å². The van der Waals surface area contributed by atoms with Gasteiger partial charge in [0.05, 0.1) is 0 Å². The first-order valence-electron chi connectivity index (χ1n) is 9.99. The molecule has 0 aliphatic rings. The predicted molar refractivity (Wildman–Crippen MR) is 131 cm³/mol.